The molecule has 1 aliphatic rings. The first kappa shape index (κ1) is 45.7. The lowest BCUT2D eigenvalue weighted by atomic mass is 9.87. The highest BCUT2D eigenvalue weighted by atomic mass is 31.3. The first-order valence-electron chi connectivity index (χ1n) is 15.5. The van der Waals surface area contributed by atoms with Crippen molar-refractivity contribution in [3.8, 4) is 0 Å². The molecule has 1 saturated heterocycles. The molecule has 0 spiro atoms. The van der Waals surface area contributed by atoms with Crippen LogP contribution in [0.15, 0.2) is 24.2 Å². The van der Waals surface area contributed by atoms with Crippen LogP contribution < -0.4 is 21.7 Å². The molecule has 0 aliphatic carbocycles. The van der Waals surface area contributed by atoms with Crippen molar-refractivity contribution in [3.63, 3.8) is 0 Å². The number of nitrogens with two attached hydrogens (primary N) is 1. The van der Waals surface area contributed by atoms with Crippen LogP contribution in [0.25, 0.3) is 11.2 Å². The average Bonchev–Trinajstić information content (AvgIpc) is 3.64. The third kappa shape index (κ3) is 13.2. The minimum atomic E-state index is -5.59. The lowest BCUT2D eigenvalue weighted by Gasteiger charge is -2.30. The lowest BCUT2D eigenvalue weighted by molar-refractivity contribution is -0.427. The van der Waals surface area contributed by atoms with Gasteiger partial charge in [-0.15, -0.1) is 0 Å². The summed E-state index contributed by atoms with van der Waals surface area (Å²) >= 11 is 0. The van der Waals surface area contributed by atoms with E-state index < -0.39 is 101 Å². The molecule has 2 aromatic rings. The van der Waals surface area contributed by atoms with Crippen LogP contribution in [0.3, 0.4) is 0 Å². The minimum Gasteiger partial charge on any atom is -0.490 e. The van der Waals surface area contributed by atoms with E-state index in [0.717, 1.165) is 24.1 Å². The molecule has 0 aromatic carbocycles. The van der Waals surface area contributed by atoms with Gasteiger partial charge >= 0.3 is 29.2 Å². The number of nitro groups is 1. The van der Waals surface area contributed by atoms with Gasteiger partial charge in [-0.2, -0.15) is 4.31 Å². The average molecular weight is 852 g/mol. The lowest BCUT2D eigenvalue weighted by Crippen LogP contribution is -2.46. The summed E-state index contributed by atoms with van der Waals surface area (Å²) < 4.78 is 61.8. The van der Waals surface area contributed by atoms with Gasteiger partial charge in [0.15, 0.2) is 17.7 Å². The molecule has 28 nitrogen and oxygen atoms in total. The summed E-state index contributed by atoms with van der Waals surface area (Å²) in [4.78, 5) is 85.0. The second-order valence-corrected chi connectivity index (χ2v) is 16.4. The molecule has 55 heavy (non-hydrogen) atoms. The van der Waals surface area contributed by atoms with Gasteiger partial charge in [-0.1, -0.05) is 13.8 Å². The highest BCUT2D eigenvalue weighted by Crippen LogP contribution is 2.61. The van der Waals surface area contributed by atoms with Gasteiger partial charge in [-0.3, -0.25) is 37.8 Å². The number of carbonyl (C=O) groups excluding carboxylic acids is 2. The molecule has 2 aromatic heterocycles. The molecule has 31 heteroatoms. The van der Waals surface area contributed by atoms with Crippen LogP contribution in [0.4, 0.5) is 5.82 Å². The molecule has 3 heterocycles. The molecule has 0 radical (unpaired) electrons. The zero-order valence-electron chi connectivity index (χ0n) is 29.0. The van der Waals surface area contributed by atoms with Crippen molar-refractivity contribution < 1.29 is 85.7 Å². The first-order chi connectivity index (χ1) is 25.3. The number of nitrogen functional groups attached to an aromatic ring is 1. The summed E-state index contributed by atoms with van der Waals surface area (Å²) in [6.07, 6.45) is -7.17. The number of phosphoric ester groups is 3. The molecule has 2 amide bonds. The Kier molecular flexibility index (Phi) is 15.3. The van der Waals surface area contributed by atoms with E-state index in [4.69, 9.17) is 19.5 Å². The maximum absolute atomic E-state index is 12.6. The highest BCUT2D eigenvalue weighted by Gasteiger charge is 2.50. The van der Waals surface area contributed by atoms with Gasteiger partial charge in [0.05, 0.1) is 24.5 Å². The molecular formula is C24H40N9O19P3. The summed E-state index contributed by atoms with van der Waals surface area (Å²) in [5, 5.41) is 48.5. The number of amides is 2. The van der Waals surface area contributed by atoms with Crippen molar-refractivity contribution in [1.82, 2.24) is 35.5 Å². The zero-order valence-corrected chi connectivity index (χ0v) is 31.7. The van der Waals surface area contributed by atoms with E-state index >= 15 is 0 Å². The molecule has 12 N–H and O–H groups in total. The van der Waals surface area contributed by atoms with Crippen LogP contribution in [0.1, 0.15) is 33.4 Å². The van der Waals surface area contributed by atoms with Crippen LogP contribution >= 0.6 is 23.5 Å². The third-order valence-electron chi connectivity index (χ3n) is 7.43. The van der Waals surface area contributed by atoms with E-state index in [9.17, 15) is 68.3 Å². The monoisotopic (exact) mass is 851 g/mol. The Hall–Kier alpha value is -3.72. The van der Waals surface area contributed by atoms with Crippen molar-refractivity contribution in [2.45, 2.75) is 57.8 Å². The summed E-state index contributed by atoms with van der Waals surface area (Å²) in [5.41, 5.74) is 3.65. The summed E-state index contributed by atoms with van der Waals surface area (Å²) in [5.74, 6) is -2.35. The summed E-state index contributed by atoms with van der Waals surface area (Å²) in [6, 6.07) is 0. The number of anilines is 1. The van der Waals surface area contributed by atoms with Gasteiger partial charge in [0.2, 0.25) is 11.8 Å². The number of hydrogen-bond donors (Lipinski definition) is 11. The van der Waals surface area contributed by atoms with E-state index in [1.165, 1.54) is 13.8 Å². The SMILES string of the molecule is CC(=C(O)NCCNC(=O)CCNC(=O)[C@H](O)C(C)(C)COP(=O)(O)OP(=O)(O)OC[C@H]1O[C@@H](n2cnc3c(N)ncnc32)[C@H](O)[C@@H]1OP(=O)(O)O)[N+](=O)[O-]. The van der Waals surface area contributed by atoms with Crippen molar-refractivity contribution >= 4 is 52.3 Å². The molecule has 1 aliphatic heterocycles. The normalized spacial score (nSPS) is 22.3. The number of nitrogens with zero attached hydrogens (tertiary/aromatic N) is 5. The fourth-order valence-electron chi connectivity index (χ4n) is 4.54. The Balaban J connectivity index is 1.51. The number of ether oxygens (including phenoxy) is 1. The topological polar surface area (TPSA) is 422 Å². The quantitative estimate of drug-likeness (QED) is 0.0213. The van der Waals surface area contributed by atoms with Gasteiger partial charge in [0.25, 0.3) is 5.88 Å². The number of carbonyl (C=O) groups is 2. The van der Waals surface area contributed by atoms with Crippen LogP contribution in [-0.2, 0) is 45.9 Å². The number of imidazole rings is 1. The number of hydrogen-bond acceptors (Lipinski definition) is 20. The third-order valence-corrected chi connectivity index (χ3v) is 10.5. The Morgan fingerprint density at radius 1 is 1.07 bits per heavy atom. The predicted molar refractivity (Wildman–Crippen MR) is 180 cm³/mol. The maximum Gasteiger partial charge on any atom is 0.481 e. The second-order valence-electron chi connectivity index (χ2n) is 12.2. The van der Waals surface area contributed by atoms with E-state index in [-0.39, 0.29) is 43.0 Å². The first-order valence-corrected chi connectivity index (χ1v) is 20.0. The molecular weight excluding hydrogens is 811 g/mol. The highest BCUT2D eigenvalue weighted by molar-refractivity contribution is 7.61. The predicted octanol–water partition coefficient (Wildman–Crippen LogP) is -1.98. The summed E-state index contributed by atoms with van der Waals surface area (Å²) in [7, 11) is -16.5. The minimum absolute atomic E-state index is 0.0162. The van der Waals surface area contributed by atoms with Gasteiger partial charge < -0.3 is 61.3 Å². The van der Waals surface area contributed by atoms with Crippen LogP contribution in [0.2, 0.25) is 0 Å². The standard InChI is InChI=1S/C24H40N9O19P3/c1-12(33(39)40)21(37)28-7-6-26-14(34)4-5-27-22(38)18(36)24(2,3)9-49-55(46,47)52-54(44,45)48-8-13-17(51-53(41,42)43)16(35)23(50-13)32-11-31-15-19(25)29-10-30-20(15)32/h10-11,13,16-18,23,28,35-37H,4-9H2,1-3H3,(H,26,34)(H,27,38)(H,44,45)(H,46,47)(H2,25,29,30)(H2,41,42,43)/t13-,16-,17-,18+,23-/m1/s1. The van der Waals surface area contributed by atoms with Crippen LogP contribution in [0.5, 0.6) is 0 Å². The van der Waals surface area contributed by atoms with E-state index in [2.05, 4.69) is 39.7 Å². The van der Waals surface area contributed by atoms with Gasteiger partial charge in [0, 0.05) is 38.4 Å². The number of aromatic nitrogens is 4. The molecule has 0 saturated carbocycles. The van der Waals surface area contributed by atoms with E-state index in [0.29, 0.717) is 0 Å². The number of allylic oxidation sites excluding steroid dienone is 1. The van der Waals surface area contributed by atoms with Crippen molar-refractivity contribution in [2.24, 2.45) is 5.41 Å². The van der Waals surface area contributed by atoms with Crippen molar-refractivity contribution in [1.29, 1.82) is 0 Å². The fourth-order valence-corrected chi connectivity index (χ4v) is 7.37. The Labute approximate surface area is 309 Å². The zero-order chi connectivity index (χ0) is 41.5. The number of rotatable bonds is 21. The van der Waals surface area contributed by atoms with E-state index in [1.807, 2.05) is 0 Å². The molecule has 3 rings (SSSR count). The smallest absolute Gasteiger partial charge is 0.481 e. The number of fused-ring (bicyclic) bond motifs is 1. The van der Waals surface area contributed by atoms with Crippen molar-refractivity contribution in [2.75, 3.05) is 38.6 Å². The molecule has 1 fully saturated rings. The Bertz CT molecular complexity index is 1890. The largest absolute Gasteiger partial charge is 0.490 e. The second kappa shape index (κ2) is 18.5. The van der Waals surface area contributed by atoms with Gasteiger partial charge in [-0.25, -0.2) is 28.6 Å². The molecule has 0 bridgehead atoms. The molecule has 7 atom stereocenters. The fraction of sp³-hybridized carbons (Fsp3) is 0.625. The van der Waals surface area contributed by atoms with Gasteiger partial charge in [-0.05, 0) is 0 Å². The number of aliphatic hydroxyl groups excluding tert-OH is 3. The van der Waals surface area contributed by atoms with E-state index in [1.54, 1.807) is 0 Å². The molecule has 2 unspecified atom stereocenters. The maximum atomic E-state index is 12.6. The number of nitrogens with one attached hydrogen (secondary N) is 3. The number of aliphatic hydroxyl groups is 3. The Morgan fingerprint density at radius 3 is 2.35 bits per heavy atom. The summed E-state index contributed by atoms with van der Waals surface area (Å²) in [6.45, 7) is 1.00. The Morgan fingerprint density at radius 2 is 1.71 bits per heavy atom. The van der Waals surface area contributed by atoms with Crippen LogP contribution in [-0.4, -0.2) is 128 Å². The van der Waals surface area contributed by atoms with Crippen LogP contribution in [0, 0.1) is 15.5 Å². The van der Waals surface area contributed by atoms with Crippen molar-refractivity contribution in [3.05, 3.63) is 34.3 Å². The number of phosphoric acid groups is 3. The molecule has 310 valence electrons. The van der Waals surface area contributed by atoms with Gasteiger partial charge in [0.1, 0.15) is 36.3 Å².